The molecule has 38 heavy (non-hydrogen) atoms. The molecule has 0 aliphatic carbocycles. The molecule has 0 unspecified atom stereocenters. The van der Waals surface area contributed by atoms with Crippen LogP contribution in [0.15, 0.2) is 102 Å². The van der Waals surface area contributed by atoms with Crippen molar-refractivity contribution in [3.8, 4) is 22.9 Å². The van der Waals surface area contributed by atoms with Gasteiger partial charge in [-0.15, -0.1) is 5.10 Å². The zero-order chi connectivity index (χ0) is 26.5. The molecule has 8 nitrogen and oxygen atoms in total. The van der Waals surface area contributed by atoms with Crippen molar-refractivity contribution in [1.29, 1.82) is 0 Å². The number of benzene rings is 4. The van der Waals surface area contributed by atoms with Crippen molar-refractivity contribution in [2.24, 2.45) is 0 Å². The molecule has 0 atom stereocenters. The van der Waals surface area contributed by atoms with Gasteiger partial charge < -0.3 is 4.74 Å². The van der Waals surface area contributed by atoms with Crippen molar-refractivity contribution in [2.75, 3.05) is 0 Å². The lowest BCUT2D eigenvalue weighted by Crippen LogP contribution is -2.30. The highest BCUT2D eigenvalue weighted by Gasteiger charge is 2.26. The molecule has 0 spiro atoms. The minimum atomic E-state index is -3.93. The predicted octanol–water partition coefficient (Wildman–Crippen LogP) is 5.84. The lowest BCUT2D eigenvalue weighted by Gasteiger charge is -2.24. The number of rotatable bonds is 9. The Labute approximate surface area is 223 Å². The van der Waals surface area contributed by atoms with Gasteiger partial charge in [-0.1, -0.05) is 54.1 Å². The highest BCUT2D eigenvalue weighted by Crippen LogP contribution is 2.30. The first-order valence-electron chi connectivity index (χ1n) is 11.5. The third kappa shape index (κ3) is 5.88. The summed E-state index contributed by atoms with van der Waals surface area (Å²) in [6, 6.07) is 26.1. The van der Waals surface area contributed by atoms with Crippen molar-refractivity contribution in [3.05, 3.63) is 119 Å². The number of sulfonamides is 1. The Morgan fingerprint density at radius 2 is 1.58 bits per heavy atom. The molecule has 0 amide bonds. The van der Waals surface area contributed by atoms with Crippen molar-refractivity contribution in [3.63, 3.8) is 0 Å². The van der Waals surface area contributed by atoms with Crippen LogP contribution in [0.25, 0.3) is 11.4 Å². The summed E-state index contributed by atoms with van der Waals surface area (Å²) >= 11 is 6.00. The van der Waals surface area contributed by atoms with Crippen molar-refractivity contribution in [1.82, 2.24) is 24.9 Å². The molecular weight excluding hydrogens is 529 g/mol. The molecule has 0 aliphatic heterocycles. The third-order valence-corrected chi connectivity index (χ3v) is 7.80. The van der Waals surface area contributed by atoms with Crippen LogP contribution in [0.3, 0.4) is 0 Å². The highest BCUT2D eigenvalue weighted by molar-refractivity contribution is 7.89. The lowest BCUT2D eigenvalue weighted by molar-refractivity contribution is 0.390. The molecule has 0 fully saturated rings. The lowest BCUT2D eigenvalue weighted by atomic mass is 10.1. The highest BCUT2D eigenvalue weighted by atomic mass is 35.5. The summed E-state index contributed by atoms with van der Waals surface area (Å²) in [6.07, 6.45) is 0. The molecule has 192 valence electrons. The van der Waals surface area contributed by atoms with Crippen LogP contribution in [0, 0.1) is 5.82 Å². The van der Waals surface area contributed by atoms with Gasteiger partial charge in [-0.3, -0.25) is 0 Å². The molecule has 11 heteroatoms. The Hall–Kier alpha value is -4.12. The molecule has 5 aromatic rings. The number of para-hydroxylation sites is 1. The quantitative estimate of drug-likeness (QED) is 0.248. The van der Waals surface area contributed by atoms with E-state index in [0.717, 1.165) is 11.1 Å². The molecule has 0 saturated heterocycles. The second-order valence-corrected chi connectivity index (χ2v) is 10.7. The number of halogens is 2. The summed E-state index contributed by atoms with van der Waals surface area (Å²) in [5.74, 6) is 1.03. The number of H-pyrrole nitrogens is 1. The SMILES string of the molecule is O=S(=O)(c1ccc(Cl)cc1)N(Cc1ccc(-c2nnn[nH]2)cc1)Cc1ccccc1Oc1ccc(F)cc1. The van der Waals surface area contributed by atoms with E-state index in [1.54, 1.807) is 36.4 Å². The fourth-order valence-electron chi connectivity index (χ4n) is 3.79. The second kappa shape index (κ2) is 11.1. The van der Waals surface area contributed by atoms with Crippen LogP contribution in [0.4, 0.5) is 4.39 Å². The van der Waals surface area contributed by atoms with Gasteiger partial charge in [0, 0.05) is 29.2 Å². The Bertz CT molecular complexity index is 1610. The van der Waals surface area contributed by atoms with E-state index >= 15 is 0 Å². The molecule has 0 saturated carbocycles. The van der Waals surface area contributed by atoms with Gasteiger partial charge in [0.15, 0.2) is 5.82 Å². The van der Waals surface area contributed by atoms with E-state index in [4.69, 9.17) is 16.3 Å². The molecule has 5 rings (SSSR count). The van der Waals surface area contributed by atoms with Crippen LogP contribution in [0.2, 0.25) is 5.02 Å². The standard InChI is InChI=1S/C27H21ClFN5O3S/c28-22-9-15-25(16-10-22)38(35,36)34(17-19-5-7-20(8-6-19)27-30-32-33-31-27)18-21-3-1-2-4-26(21)37-24-13-11-23(29)12-14-24/h1-16H,17-18H2,(H,30,31,32,33). The second-order valence-electron chi connectivity index (χ2n) is 8.34. The van der Waals surface area contributed by atoms with Gasteiger partial charge in [0.25, 0.3) is 0 Å². The summed E-state index contributed by atoms with van der Waals surface area (Å²) < 4.78 is 48.3. The molecule has 0 radical (unpaired) electrons. The van der Waals surface area contributed by atoms with E-state index in [2.05, 4.69) is 20.6 Å². The molecule has 1 N–H and O–H groups in total. The van der Waals surface area contributed by atoms with Gasteiger partial charge in [-0.2, -0.15) is 4.31 Å². The first-order valence-corrected chi connectivity index (χ1v) is 13.3. The van der Waals surface area contributed by atoms with Gasteiger partial charge in [-0.05, 0) is 70.6 Å². The Kier molecular flexibility index (Phi) is 7.45. The molecule has 4 aromatic carbocycles. The number of aromatic nitrogens is 4. The molecule has 0 bridgehead atoms. The topological polar surface area (TPSA) is 101 Å². The van der Waals surface area contributed by atoms with Crippen LogP contribution in [-0.2, 0) is 23.1 Å². The summed E-state index contributed by atoms with van der Waals surface area (Å²) in [6.45, 7) is 0.112. The number of nitrogens with zero attached hydrogens (tertiary/aromatic N) is 4. The maximum atomic E-state index is 13.8. The van der Waals surface area contributed by atoms with Gasteiger partial charge >= 0.3 is 0 Å². The van der Waals surface area contributed by atoms with Crippen LogP contribution in [0.1, 0.15) is 11.1 Å². The molecule has 1 aromatic heterocycles. The summed E-state index contributed by atoms with van der Waals surface area (Å²) in [7, 11) is -3.93. The minimum absolute atomic E-state index is 0.0239. The van der Waals surface area contributed by atoms with E-state index in [-0.39, 0.29) is 23.8 Å². The van der Waals surface area contributed by atoms with Crippen LogP contribution >= 0.6 is 11.6 Å². The zero-order valence-electron chi connectivity index (χ0n) is 19.8. The van der Waals surface area contributed by atoms with E-state index in [9.17, 15) is 12.8 Å². The first-order chi connectivity index (χ1) is 18.4. The summed E-state index contributed by atoms with van der Waals surface area (Å²) in [5.41, 5.74) is 2.17. The zero-order valence-corrected chi connectivity index (χ0v) is 21.4. The van der Waals surface area contributed by atoms with Gasteiger partial charge in [0.2, 0.25) is 10.0 Å². The van der Waals surface area contributed by atoms with Crippen LogP contribution in [-0.4, -0.2) is 33.3 Å². The Morgan fingerprint density at radius 1 is 0.868 bits per heavy atom. The average Bonchev–Trinajstić information content (AvgIpc) is 3.46. The number of hydrogen-bond acceptors (Lipinski definition) is 6. The summed E-state index contributed by atoms with van der Waals surface area (Å²) in [5, 5.41) is 14.2. The molecular formula is C27H21ClFN5O3S. The number of hydrogen-bond donors (Lipinski definition) is 1. The van der Waals surface area contributed by atoms with Gasteiger partial charge in [0.1, 0.15) is 17.3 Å². The summed E-state index contributed by atoms with van der Waals surface area (Å²) in [4.78, 5) is 0.114. The average molecular weight is 550 g/mol. The Morgan fingerprint density at radius 3 is 2.26 bits per heavy atom. The number of ether oxygens (including phenoxy) is 1. The largest absolute Gasteiger partial charge is 0.457 e. The number of aromatic amines is 1. The van der Waals surface area contributed by atoms with Gasteiger partial charge in [0.05, 0.1) is 4.90 Å². The van der Waals surface area contributed by atoms with E-state index in [1.165, 1.54) is 40.7 Å². The normalized spacial score (nSPS) is 11.6. The fraction of sp³-hybridized carbons (Fsp3) is 0.0741. The molecule has 0 aliphatic rings. The maximum absolute atomic E-state index is 13.8. The van der Waals surface area contributed by atoms with Crippen LogP contribution in [0.5, 0.6) is 11.5 Å². The minimum Gasteiger partial charge on any atom is -0.457 e. The number of tetrazole rings is 1. The van der Waals surface area contributed by atoms with Gasteiger partial charge in [-0.25, -0.2) is 17.9 Å². The van der Waals surface area contributed by atoms with E-state index in [0.29, 0.717) is 27.9 Å². The monoisotopic (exact) mass is 549 g/mol. The van der Waals surface area contributed by atoms with Crippen molar-refractivity contribution in [2.45, 2.75) is 18.0 Å². The Balaban J connectivity index is 1.47. The van der Waals surface area contributed by atoms with E-state index < -0.39 is 10.0 Å². The fourth-order valence-corrected chi connectivity index (χ4v) is 5.32. The number of nitrogens with one attached hydrogen (secondary N) is 1. The van der Waals surface area contributed by atoms with Crippen molar-refractivity contribution < 1.29 is 17.5 Å². The maximum Gasteiger partial charge on any atom is 0.243 e. The first kappa shape index (κ1) is 25.5. The van der Waals surface area contributed by atoms with E-state index in [1.807, 2.05) is 24.3 Å². The van der Waals surface area contributed by atoms with Crippen LogP contribution < -0.4 is 4.74 Å². The smallest absolute Gasteiger partial charge is 0.243 e. The predicted molar refractivity (Wildman–Crippen MR) is 140 cm³/mol. The van der Waals surface area contributed by atoms with Crippen molar-refractivity contribution >= 4 is 21.6 Å². The molecule has 1 heterocycles. The third-order valence-electron chi connectivity index (χ3n) is 5.74.